The van der Waals surface area contributed by atoms with Crippen LogP contribution in [0, 0.1) is 16.0 Å². The third kappa shape index (κ3) is 3.57. The number of carbonyl (C=O) groups is 1. The number of nitro groups is 1. The summed E-state index contributed by atoms with van der Waals surface area (Å²) in [5.41, 5.74) is 0.312. The van der Waals surface area contributed by atoms with E-state index in [-0.39, 0.29) is 5.69 Å². The number of aliphatic carboxylic acids is 1. The number of nitro benzene ring substituents is 1. The molecule has 6 nitrogen and oxygen atoms in total. The monoisotopic (exact) mass is 277 g/mol. The van der Waals surface area contributed by atoms with Crippen molar-refractivity contribution in [3.63, 3.8) is 0 Å². The van der Waals surface area contributed by atoms with Gasteiger partial charge in [-0.1, -0.05) is 6.42 Å². The van der Waals surface area contributed by atoms with Crippen molar-refractivity contribution in [2.75, 3.05) is 6.61 Å². The number of nitrogens with zero attached hydrogens (tertiary/aromatic N) is 1. The van der Waals surface area contributed by atoms with Gasteiger partial charge in [0.15, 0.2) is 0 Å². The maximum Gasteiger partial charge on any atom is 0.328 e. The van der Waals surface area contributed by atoms with E-state index < -0.39 is 10.9 Å². The van der Waals surface area contributed by atoms with Gasteiger partial charge in [0.1, 0.15) is 5.75 Å². The molecule has 0 aromatic heterocycles. The van der Waals surface area contributed by atoms with Gasteiger partial charge in [0.25, 0.3) is 5.69 Å². The fraction of sp³-hybridized carbons (Fsp3) is 0.357. The summed E-state index contributed by atoms with van der Waals surface area (Å²) in [6.07, 6.45) is 5.72. The van der Waals surface area contributed by atoms with E-state index in [0.717, 1.165) is 18.9 Å². The normalized spacial score (nSPS) is 15.0. The first-order chi connectivity index (χ1) is 9.56. The Morgan fingerprint density at radius 1 is 1.50 bits per heavy atom. The van der Waals surface area contributed by atoms with Crippen LogP contribution in [0.5, 0.6) is 5.75 Å². The van der Waals surface area contributed by atoms with E-state index >= 15 is 0 Å². The van der Waals surface area contributed by atoms with E-state index in [1.807, 2.05) is 0 Å². The van der Waals surface area contributed by atoms with Gasteiger partial charge in [-0.2, -0.15) is 0 Å². The van der Waals surface area contributed by atoms with E-state index in [0.29, 0.717) is 23.8 Å². The highest BCUT2D eigenvalue weighted by molar-refractivity contribution is 5.86. The Morgan fingerprint density at radius 3 is 2.80 bits per heavy atom. The summed E-state index contributed by atoms with van der Waals surface area (Å²) in [6.45, 7) is 0.561. The minimum absolute atomic E-state index is 0.0916. The van der Waals surface area contributed by atoms with E-state index in [1.165, 1.54) is 30.7 Å². The highest BCUT2D eigenvalue weighted by Crippen LogP contribution is 2.30. The zero-order valence-corrected chi connectivity index (χ0v) is 10.8. The van der Waals surface area contributed by atoms with Crippen molar-refractivity contribution in [3.05, 3.63) is 40.0 Å². The van der Waals surface area contributed by atoms with E-state index in [2.05, 4.69) is 0 Å². The van der Waals surface area contributed by atoms with Gasteiger partial charge in [-0.05, 0) is 30.9 Å². The van der Waals surface area contributed by atoms with Gasteiger partial charge in [-0.25, -0.2) is 4.79 Å². The van der Waals surface area contributed by atoms with Gasteiger partial charge in [0.05, 0.1) is 11.5 Å². The van der Waals surface area contributed by atoms with E-state index in [9.17, 15) is 14.9 Å². The third-order valence-electron chi connectivity index (χ3n) is 3.31. The van der Waals surface area contributed by atoms with Crippen molar-refractivity contribution >= 4 is 17.7 Å². The molecule has 1 aliphatic rings. The standard InChI is InChI=1S/C14H15NO5/c16-14(17)7-4-11-8-12(15(18)19)5-6-13(11)20-9-10-2-1-3-10/h4-8,10H,1-3,9H2,(H,16,17). The molecule has 0 saturated heterocycles. The fourth-order valence-electron chi connectivity index (χ4n) is 1.94. The predicted octanol–water partition coefficient (Wildman–Crippen LogP) is 2.87. The van der Waals surface area contributed by atoms with Crippen LogP contribution in [0.3, 0.4) is 0 Å². The average molecular weight is 277 g/mol. The topological polar surface area (TPSA) is 89.7 Å². The number of hydrogen-bond donors (Lipinski definition) is 1. The second-order valence-electron chi connectivity index (χ2n) is 4.76. The number of carboxylic acids is 1. The Bertz CT molecular complexity index is 548. The van der Waals surface area contributed by atoms with Crippen molar-refractivity contribution < 1.29 is 19.6 Å². The molecule has 1 saturated carbocycles. The molecule has 0 aliphatic heterocycles. The quantitative estimate of drug-likeness (QED) is 0.490. The zero-order chi connectivity index (χ0) is 14.5. The first-order valence-electron chi connectivity index (χ1n) is 6.38. The molecule has 106 valence electrons. The minimum atomic E-state index is -1.11. The summed E-state index contributed by atoms with van der Waals surface area (Å²) < 4.78 is 5.64. The number of benzene rings is 1. The lowest BCUT2D eigenvalue weighted by Gasteiger charge is -2.25. The number of non-ortho nitro benzene ring substituents is 1. The molecule has 2 rings (SSSR count). The van der Waals surface area contributed by atoms with Crippen molar-refractivity contribution in [3.8, 4) is 5.75 Å². The number of rotatable bonds is 6. The molecule has 20 heavy (non-hydrogen) atoms. The third-order valence-corrected chi connectivity index (χ3v) is 3.31. The van der Waals surface area contributed by atoms with Crippen molar-refractivity contribution in [1.29, 1.82) is 0 Å². The van der Waals surface area contributed by atoms with Crippen LogP contribution in [0.4, 0.5) is 5.69 Å². The van der Waals surface area contributed by atoms with Crippen LogP contribution in [0.1, 0.15) is 24.8 Å². The van der Waals surface area contributed by atoms with Crippen LogP contribution in [0.25, 0.3) is 6.08 Å². The maximum atomic E-state index is 10.7. The number of carboxylic acid groups (broad SMARTS) is 1. The number of ether oxygens (including phenoxy) is 1. The molecular formula is C14H15NO5. The van der Waals surface area contributed by atoms with Crippen LogP contribution in [-0.4, -0.2) is 22.6 Å². The number of hydrogen-bond acceptors (Lipinski definition) is 4. The summed E-state index contributed by atoms with van der Waals surface area (Å²) >= 11 is 0. The Morgan fingerprint density at radius 2 is 2.25 bits per heavy atom. The molecule has 1 fully saturated rings. The highest BCUT2D eigenvalue weighted by Gasteiger charge is 2.19. The van der Waals surface area contributed by atoms with Gasteiger partial charge in [-0.3, -0.25) is 10.1 Å². The molecule has 0 unspecified atom stereocenters. The van der Waals surface area contributed by atoms with Gasteiger partial charge in [-0.15, -0.1) is 0 Å². The zero-order valence-electron chi connectivity index (χ0n) is 10.8. The molecule has 6 heteroatoms. The van der Waals surface area contributed by atoms with Gasteiger partial charge < -0.3 is 9.84 Å². The van der Waals surface area contributed by atoms with Gasteiger partial charge >= 0.3 is 5.97 Å². The lowest BCUT2D eigenvalue weighted by atomic mass is 9.86. The lowest BCUT2D eigenvalue weighted by Crippen LogP contribution is -2.19. The predicted molar refractivity (Wildman–Crippen MR) is 72.6 cm³/mol. The molecule has 0 radical (unpaired) electrons. The van der Waals surface area contributed by atoms with E-state index in [1.54, 1.807) is 0 Å². The Labute approximate surface area is 115 Å². The average Bonchev–Trinajstić information content (AvgIpc) is 2.35. The van der Waals surface area contributed by atoms with Crippen LogP contribution in [-0.2, 0) is 4.79 Å². The van der Waals surface area contributed by atoms with Crippen LogP contribution < -0.4 is 4.74 Å². The van der Waals surface area contributed by atoms with E-state index in [4.69, 9.17) is 9.84 Å². The summed E-state index contributed by atoms with van der Waals surface area (Å²) in [6, 6.07) is 4.18. The summed E-state index contributed by atoms with van der Waals surface area (Å²) in [4.78, 5) is 20.8. The Hall–Kier alpha value is -2.37. The molecule has 0 amide bonds. The molecule has 0 bridgehead atoms. The van der Waals surface area contributed by atoms with Gasteiger partial charge in [0.2, 0.25) is 0 Å². The van der Waals surface area contributed by atoms with Crippen molar-refractivity contribution in [2.24, 2.45) is 5.92 Å². The molecule has 0 atom stereocenters. The minimum Gasteiger partial charge on any atom is -0.493 e. The lowest BCUT2D eigenvalue weighted by molar-refractivity contribution is -0.384. The fourth-order valence-corrected chi connectivity index (χ4v) is 1.94. The Balaban J connectivity index is 2.18. The van der Waals surface area contributed by atoms with Crippen molar-refractivity contribution in [2.45, 2.75) is 19.3 Å². The SMILES string of the molecule is O=C(O)C=Cc1cc([N+](=O)[O-])ccc1OCC1CCC1. The van der Waals surface area contributed by atoms with Crippen LogP contribution in [0.2, 0.25) is 0 Å². The summed E-state index contributed by atoms with van der Waals surface area (Å²) in [5, 5.41) is 19.4. The molecule has 1 aliphatic carbocycles. The molecule has 1 N–H and O–H groups in total. The smallest absolute Gasteiger partial charge is 0.328 e. The first-order valence-corrected chi connectivity index (χ1v) is 6.38. The largest absolute Gasteiger partial charge is 0.493 e. The molecular weight excluding hydrogens is 262 g/mol. The first kappa shape index (κ1) is 14.0. The highest BCUT2D eigenvalue weighted by atomic mass is 16.6. The summed E-state index contributed by atoms with van der Waals surface area (Å²) in [5.74, 6) is -0.108. The van der Waals surface area contributed by atoms with Crippen molar-refractivity contribution in [1.82, 2.24) is 0 Å². The molecule has 0 heterocycles. The van der Waals surface area contributed by atoms with Crippen LogP contribution in [0.15, 0.2) is 24.3 Å². The Kier molecular flexibility index (Phi) is 4.34. The molecule has 1 aromatic rings. The van der Waals surface area contributed by atoms with Crippen LogP contribution >= 0.6 is 0 Å². The molecule has 1 aromatic carbocycles. The summed E-state index contributed by atoms with van der Waals surface area (Å²) in [7, 11) is 0. The second kappa shape index (κ2) is 6.18. The molecule has 0 spiro atoms. The maximum absolute atomic E-state index is 10.7. The second-order valence-corrected chi connectivity index (χ2v) is 4.76. The van der Waals surface area contributed by atoms with Gasteiger partial charge in [0, 0.05) is 23.8 Å².